The maximum atomic E-state index is 10.6. The molecule has 0 aromatic heterocycles. The van der Waals surface area contributed by atoms with Crippen LogP contribution in [0.2, 0.25) is 0 Å². The molecule has 0 saturated heterocycles. The highest BCUT2D eigenvalue weighted by atomic mass is 16.4. The second kappa shape index (κ2) is 4.00. The van der Waals surface area contributed by atoms with E-state index in [-0.39, 0.29) is 18.2 Å². The Kier molecular flexibility index (Phi) is 3.64. The van der Waals surface area contributed by atoms with Crippen LogP contribution in [0.15, 0.2) is 0 Å². The van der Waals surface area contributed by atoms with Crippen molar-refractivity contribution in [1.82, 2.24) is 0 Å². The zero-order valence-corrected chi connectivity index (χ0v) is 5.79. The smallest absolute Gasteiger partial charge is 0.140 e. The zero-order valence-electron chi connectivity index (χ0n) is 5.79. The number of hydrogen-bond donors (Lipinski definition) is 1. The molecule has 58 valence electrons. The Balaban J connectivity index is 3.54. The first-order valence-electron chi connectivity index (χ1n) is 2.99. The molecule has 4 nitrogen and oxygen atoms in total. The number of carboxylic acids is 1. The summed E-state index contributed by atoms with van der Waals surface area (Å²) in [4.78, 5) is 20.4. The lowest BCUT2D eigenvalue weighted by Crippen LogP contribution is -2.28. The van der Waals surface area contributed by atoms with Crippen LogP contribution >= 0.6 is 0 Å². The van der Waals surface area contributed by atoms with Crippen molar-refractivity contribution in [3.8, 4) is 0 Å². The number of carboxylic acid groups (broad SMARTS) is 1. The van der Waals surface area contributed by atoms with Gasteiger partial charge < -0.3 is 15.6 Å². The maximum absolute atomic E-state index is 10.6. The second-order valence-corrected chi connectivity index (χ2v) is 2.27. The molecular weight excluding hydrogens is 134 g/mol. The number of hydrogen-bond acceptors (Lipinski definition) is 4. The Morgan fingerprint density at radius 2 is 2.10 bits per heavy atom. The van der Waals surface area contributed by atoms with Crippen molar-refractivity contribution in [2.45, 2.75) is 25.8 Å². The van der Waals surface area contributed by atoms with Gasteiger partial charge in [0.2, 0.25) is 0 Å². The van der Waals surface area contributed by atoms with Crippen molar-refractivity contribution in [3.63, 3.8) is 0 Å². The molecule has 0 aliphatic rings. The maximum Gasteiger partial charge on any atom is 0.140 e. The first-order valence-corrected chi connectivity index (χ1v) is 2.99. The molecule has 0 rings (SSSR count). The molecule has 0 fully saturated rings. The van der Waals surface area contributed by atoms with Crippen LogP contribution in [0.5, 0.6) is 0 Å². The number of rotatable bonds is 4. The normalized spacial score (nSPS) is 12.6. The van der Waals surface area contributed by atoms with E-state index in [4.69, 9.17) is 5.73 Å². The van der Waals surface area contributed by atoms with E-state index in [2.05, 4.69) is 0 Å². The van der Waals surface area contributed by atoms with Gasteiger partial charge in [-0.1, -0.05) is 0 Å². The number of ketones is 1. The molecule has 0 aromatic carbocycles. The molecule has 1 unspecified atom stereocenters. The molecule has 0 aliphatic heterocycles. The van der Waals surface area contributed by atoms with Crippen LogP contribution < -0.4 is 10.8 Å². The molecule has 0 aliphatic carbocycles. The van der Waals surface area contributed by atoms with E-state index < -0.39 is 12.4 Å². The average molecular weight is 144 g/mol. The molecular formula is C6H10NO3-. The number of Topliss-reactive ketones (excluding diaryl/α,β-unsaturated/α-hetero) is 1. The third kappa shape index (κ3) is 5.24. The summed E-state index contributed by atoms with van der Waals surface area (Å²) >= 11 is 0. The van der Waals surface area contributed by atoms with Crippen molar-refractivity contribution in [2.24, 2.45) is 5.73 Å². The minimum absolute atomic E-state index is 0.105. The fraction of sp³-hybridized carbons (Fsp3) is 0.667. The fourth-order valence-corrected chi connectivity index (χ4v) is 0.592. The summed E-state index contributed by atoms with van der Waals surface area (Å²) in [5.41, 5.74) is 5.23. The Bertz CT molecular complexity index is 142. The topological polar surface area (TPSA) is 83.2 Å². The summed E-state index contributed by atoms with van der Waals surface area (Å²) in [5.74, 6) is -1.72. The summed E-state index contributed by atoms with van der Waals surface area (Å²) in [6.07, 6.45) is -0.421. The van der Waals surface area contributed by atoms with Crippen LogP contribution in [0.25, 0.3) is 0 Å². The van der Waals surface area contributed by atoms with Crippen LogP contribution in [0.1, 0.15) is 19.8 Å². The van der Waals surface area contributed by atoms with Crippen molar-refractivity contribution < 1.29 is 14.7 Å². The van der Waals surface area contributed by atoms with Crippen molar-refractivity contribution in [2.75, 3.05) is 0 Å². The molecule has 0 bridgehead atoms. The molecule has 0 aromatic rings. The molecule has 1 atom stereocenters. The third-order valence-corrected chi connectivity index (χ3v) is 0.891. The van der Waals surface area contributed by atoms with E-state index in [1.54, 1.807) is 6.92 Å². The molecule has 0 radical (unpaired) electrons. The van der Waals surface area contributed by atoms with Crippen molar-refractivity contribution in [1.29, 1.82) is 0 Å². The Labute approximate surface area is 59.0 Å². The summed E-state index contributed by atoms with van der Waals surface area (Å²) < 4.78 is 0. The van der Waals surface area contributed by atoms with Gasteiger partial charge in [-0.3, -0.25) is 4.79 Å². The van der Waals surface area contributed by atoms with Crippen LogP contribution in [-0.2, 0) is 9.59 Å². The molecule has 4 heteroatoms. The van der Waals surface area contributed by atoms with E-state index in [1.165, 1.54) is 0 Å². The zero-order chi connectivity index (χ0) is 8.15. The van der Waals surface area contributed by atoms with Crippen molar-refractivity contribution in [3.05, 3.63) is 0 Å². The largest absolute Gasteiger partial charge is 0.550 e. The average Bonchev–Trinajstić information content (AvgIpc) is 1.58. The predicted octanol–water partition coefficient (Wildman–Crippen LogP) is -1.57. The van der Waals surface area contributed by atoms with Gasteiger partial charge in [0.05, 0.1) is 0 Å². The van der Waals surface area contributed by atoms with E-state index in [0.29, 0.717) is 0 Å². The van der Waals surface area contributed by atoms with Gasteiger partial charge in [0, 0.05) is 24.9 Å². The molecule has 10 heavy (non-hydrogen) atoms. The van der Waals surface area contributed by atoms with Gasteiger partial charge in [0.15, 0.2) is 0 Å². The highest BCUT2D eigenvalue weighted by Crippen LogP contribution is 1.91. The van der Waals surface area contributed by atoms with Gasteiger partial charge in [-0.2, -0.15) is 0 Å². The van der Waals surface area contributed by atoms with Gasteiger partial charge in [0.1, 0.15) is 5.78 Å². The van der Waals surface area contributed by atoms with Gasteiger partial charge >= 0.3 is 0 Å². The molecule has 0 heterocycles. The van der Waals surface area contributed by atoms with Crippen LogP contribution in [-0.4, -0.2) is 17.8 Å². The Morgan fingerprint density at radius 1 is 1.60 bits per heavy atom. The first kappa shape index (κ1) is 9.10. The van der Waals surface area contributed by atoms with Crippen molar-refractivity contribution >= 4 is 11.8 Å². The number of carbonyl (C=O) groups is 2. The van der Waals surface area contributed by atoms with E-state index in [0.717, 1.165) is 0 Å². The number of aliphatic carboxylic acids is 1. The van der Waals surface area contributed by atoms with E-state index in [9.17, 15) is 14.7 Å². The summed E-state index contributed by atoms with van der Waals surface area (Å²) in [6, 6.07) is -0.271. The van der Waals surface area contributed by atoms with Gasteiger partial charge in [0.25, 0.3) is 0 Å². The predicted molar refractivity (Wildman–Crippen MR) is 32.9 cm³/mol. The second-order valence-electron chi connectivity index (χ2n) is 2.27. The summed E-state index contributed by atoms with van der Waals surface area (Å²) in [6.45, 7) is 1.65. The number of nitrogens with two attached hydrogens (primary N) is 1. The van der Waals surface area contributed by atoms with Gasteiger partial charge in [-0.05, 0) is 6.92 Å². The molecule has 0 saturated carbocycles. The lowest BCUT2D eigenvalue weighted by Gasteiger charge is -2.03. The quantitative estimate of drug-likeness (QED) is 0.483. The highest BCUT2D eigenvalue weighted by molar-refractivity contribution is 5.94. The summed E-state index contributed by atoms with van der Waals surface area (Å²) in [5, 5.41) is 9.82. The lowest BCUT2D eigenvalue weighted by molar-refractivity contribution is -0.304. The summed E-state index contributed by atoms with van der Waals surface area (Å²) in [7, 11) is 0. The van der Waals surface area contributed by atoms with Crippen LogP contribution in [0.4, 0.5) is 0 Å². The fourth-order valence-electron chi connectivity index (χ4n) is 0.592. The van der Waals surface area contributed by atoms with E-state index >= 15 is 0 Å². The SMILES string of the molecule is CC(N)CC(=O)CC(=O)[O-]. The van der Waals surface area contributed by atoms with Crippen LogP contribution in [0.3, 0.4) is 0 Å². The standard InChI is InChI=1S/C6H11NO3/c1-4(7)2-5(8)3-6(9)10/h4H,2-3,7H2,1H3,(H,9,10)/p-1. The van der Waals surface area contributed by atoms with E-state index in [1.807, 2.05) is 0 Å². The minimum atomic E-state index is -1.34. The lowest BCUT2D eigenvalue weighted by atomic mass is 10.1. The Morgan fingerprint density at radius 3 is 2.40 bits per heavy atom. The molecule has 0 spiro atoms. The minimum Gasteiger partial charge on any atom is -0.550 e. The highest BCUT2D eigenvalue weighted by Gasteiger charge is 2.04. The van der Waals surface area contributed by atoms with Gasteiger partial charge in [-0.25, -0.2) is 0 Å². The Hall–Kier alpha value is -0.900. The number of carbonyl (C=O) groups excluding carboxylic acids is 2. The molecule has 2 N–H and O–H groups in total. The molecule has 0 amide bonds. The van der Waals surface area contributed by atoms with Gasteiger partial charge in [-0.15, -0.1) is 0 Å². The monoisotopic (exact) mass is 144 g/mol. The first-order chi connectivity index (χ1) is 4.52. The van der Waals surface area contributed by atoms with Crippen LogP contribution in [0, 0.1) is 0 Å². The third-order valence-electron chi connectivity index (χ3n) is 0.891.